The minimum Gasteiger partial charge on any atom is -0.497 e. The summed E-state index contributed by atoms with van der Waals surface area (Å²) in [5, 5.41) is 13.3. The first-order chi connectivity index (χ1) is 13.1. The molecule has 0 aliphatic carbocycles. The van der Waals surface area contributed by atoms with Crippen molar-refractivity contribution in [2.24, 2.45) is 5.16 Å². The van der Waals surface area contributed by atoms with Crippen LogP contribution >= 0.6 is 0 Å². The van der Waals surface area contributed by atoms with Crippen LogP contribution in [0.25, 0.3) is 0 Å². The third kappa shape index (κ3) is 6.02. The van der Waals surface area contributed by atoms with Crippen molar-refractivity contribution in [1.82, 2.24) is 0 Å². The summed E-state index contributed by atoms with van der Waals surface area (Å²) in [4.78, 5) is 16.5. The van der Waals surface area contributed by atoms with Crippen molar-refractivity contribution >= 4 is 11.7 Å². The third-order valence-corrected chi connectivity index (χ3v) is 4.01. The van der Waals surface area contributed by atoms with Crippen molar-refractivity contribution in [3.8, 4) is 11.5 Å². The summed E-state index contributed by atoms with van der Waals surface area (Å²) in [6.45, 7) is 4.14. The van der Waals surface area contributed by atoms with Crippen LogP contribution < -0.4 is 9.47 Å². The molecular formula is C21H25NO5. The Morgan fingerprint density at radius 2 is 1.67 bits per heavy atom. The van der Waals surface area contributed by atoms with Gasteiger partial charge in [0.15, 0.2) is 6.10 Å². The third-order valence-electron chi connectivity index (χ3n) is 4.01. The SMILES string of the molecule is CCC(=NOCc1ccc(OC)cc1)c1ccc(OC(CC)C(=O)O)cc1. The van der Waals surface area contributed by atoms with E-state index in [1.54, 1.807) is 26.2 Å². The molecule has 0 saturated carbocycles. The predicted octanol–water partition coefficient (Wildman–Crippen LogP) is 4.27. The van der Waals surface area contributed by atoms with Crippen molar-refractivity contribution in [1.29, 1.82) is 0 Å². The first-order valence-electron chi connectivity index (χ1n) is 8.89. The largest absolute Gasteiger partial charge is 0.497 e. The van der Waals surface area contributed by atoms with E-state index in [1.165, 1.54) is 0 Å². The van der Waals surface area contributed by atoms with Crippen LogP contribution in [-0.4, -0.2) is 30.0 Å². The Balaban J connectivity index is 1.98. The lowest BCUT2D eigenvalue weighted by Crippen LogP contribution is -2.25. The molecule has 0 saturated heterocycles. The summed E-state index contributed by atoms with van der Waals surface area (Å²) < 4.78 is 10.6. The van der Waals surface area contributed by atoms with Gasteiger partial charge in [0.1, 0.15) is 18.1 Å². The van der Waals surface area contributed by atoms with Gasteiger partial charge in [-0.05, 0) is 60.4 Å². The van der Waals surface area contributed by atoms with Crippen LogP contribution in [0.3, 0.4) is 0 Å². The maximum atomic E-state index is 11.1. The summed E-state index contributed by atoms with van der Waals surface area (Å²) in [5.74, 6) is 0.346. The number of hydrogen-bond donors (Lipinski definition) is 1. The molecule has 0 spiro atoms. The van der Waals surface area contributed by atoms with Gasteiger partial charge in [-0.15, -0.1) is 0 Å². The second-order valence-electron chi connectivity index (χ2n) is 5.89. The smallest absolute Gasteiger partial charge is 0.344 e. The Morgan fingerprint density at radius 3 is 2.19 bits per heavy atom. The zero-order valence-electron chi connectivity index (χ0n) is 15.8. The maximum absolute atomic E-state index is 11.1. The van der Waals surface area contributed by atoms with Crippen molar-refractivity contribution in [3.63, 3.8) is 0 Å². The van der Waals surface area contributed by atoms with Gasteiger partial charge in [0.2, 0.25) is 0 Å². The summed E-state index contributed by atoms with van der Waals surface area (Å²) in [6.07, 6.45) is 0.260. The molecule has 0 aliphatic rings. The highest BCUT2D eigenvalue weighted by molar-refractivity contribution is 6.00. The summed E-state index contributed by atoms with van der Waals surface area (Å²) in [7, 11) is 1.63. The van der Waals surface area contributed by atoms with E-state index in [0.717, 1.165) is 22.6 Å². The molecule has 0 amide bonds. The molecule has 6 nitrogen and oxygen atoms in total. The molecule has 0 radical (unpaired) electrons. The van der Waals surface area contributed by atoms with Gasteiger partial charge < -0.3 is 19.4 Å². The normalized spacial score (nSPS) is 12.3. The van der Waals surface area contributed by atoms with E-state index < -0.39 is 12.1 Å². The first kappa shape index (κ1) is 20.3. The van der Waals surface area contributed by atoms with Crippen LogP contribution in [0.2, 0.25) is 0 Å². The van der Waals surface area contributed by atoms with Gasteiger partial charge in [-0.2, -0.15) is 0 Å². The molecule has 6 heteroatoms. The molecule has 1 atom stereocenters. The Morgan fingerprint density at radius 1 is 1.04 bits per heavy atom. The highest BCUT2D eigenvalue weighted by atomic mass is 16.6. The van der Waals surface area contributed by atoms with E-state index >= 15 is 0 Å². The quantitative estimate of drug-likeness (QED) is 0.498. The number of carbonyl (C=O) groups is 1. The summed E-state index contributed by atoms with van der Waals surface area (Å²) in [6, 6.07) is 14.8. The lowest BCUT2D eigenvalue weighted by molar-refractivity contribution is -0.145. The number of nitrogens with zero attached hydrogens (tertiary/aromatic N) is 1. The number of carboxylic acid groups (broad SMARTS) is 1. The minimum atomic E-state index is -0.968. The predicted molar refractivity (Wildman–Crippen MR) is 103 cm³/mol. The molecule has 2 rings (SSSR count). The summed E-state index contributed by atoms with van der Waals surface area (Å²) >= 11 is 0. The monoisotopic (exact) mass is 371 g/mol. The van der Waals surface area contributed by atoms with Crippen LogP contribution in [0, 0.1) is 0 Å². The van der Waals surface area contributed by atoms with Crippen molar-refractivity contribution in [3.05, 3.63) is 59.7 Å². The van der Waals surface area contributed by atoms with Gasteiger partial charge in [0, 0.05) is 0 Å². The zero-order chi connectivity index (χ0) is 19.6. The van der Waals surface area contributed by atoms with E-state index in [0.29, 0.717) is 25.2 Å². The lowest BCUT2D eigenvalue weighted by Gasteiger charge is -2.13. The highest BCUT2D eigenvalue weighted by Gasteiger charge is 2.16. The van der Waals surface area contributed by atoms with Gasteiger partial charge in [0.05, 0.1) is 12.8 Å². The lowest BCUT2D eigenvalue weighted by atomic mass is 10.1. The molecule has 27 heavy (non-hydrogen) atoms. The Kier molecular flexibility index (Phi) is 7.67. The molecule has 144 valence electrons. The average molecular weight is 371 g/mol. The number of carboxylic acids is 1. The minimum absolute atomic E-state index is 0.367. The molecule has 0 bridgehead atoms. The molecular weight excluding hydrogens is 346 g/mol. The van der Waals surface area contributed by atoms with Crippen molar-refractivity contribution < 1.29 is 24.2 Å². The number of rotatable bonds is 10. The highest BCUT2D eigenvalue weighted by Crippen LogP contribution is 2.17. The Labute approximate surface area is 159 Å². The second kappa shape index (κ2) is 10.2. The number of benzene rings is 2. The fourth-order valence-corrected chi connectivity index (χ4v) is 2.43. The molecule has 0 aliphatic heterocycles. The van der Waals surface area contributed by atoms with Crippen LogP contribution in [0.5, 0.6) is 11.5 Å². The van der Waals surface area contributed by atoms with Gasteiger partial charge >= 0.3 is 5.97 Å². The van der Waals surface area contributed by atoms with Crippen LogP contribution in [0.1, 0.15) is 37.8 Å². The van der Waals surface area contributed by atoms with Gasteiger partial charge in [0.25, 0.3) is 0 Å². The van der Waals surface area contributed by atoms with Gasteiger partial charge in [-0.1, -0.05) is 31.1 Å². The van der Waals surface area contributed by atoms with Gasteiger partial charge in [-0.3, -0.25) is 0 Å². The van der Waals surface area contributed by atoms with E-state index in [-0.39, 0.29) is 0 Å². The first-order valence-corrected chi connectivity index (χ1v) is 8.89. The zero-order valence-corrected chi connectivity index (χ0v) is 15.8. The topological polar surface area (TPSA) is 77.3 Å². The number of oxime groups is 1. The molecule has 1 N–H and O–H groups in total. The Bertz CT molecular complexity index is 753. The van der Waals surface area contributed by atoms with Crippen LogP contribution in [-0.2, 0) is 16.2 Å². The molecule has 0 heterocycles. The maximum Gasteiger partial charge on any atom is 0.344 e. The number of hydrogen-bond acceptors (Lipinski definition) is 5. The second-order valence-corrected chi connectivity index (χ2v) is 5.89. The molecule has 2 aromatic carbocycles. The standard InChI is InChI=1S/C21H25NO5/c1-4-19(22-26-14-15-6-10-17(25-3)11-7-15)16-8-12-18(13-9-16)27-20(5-2)21(23)24/h6-13,20H,4-5,14H2,1-3H3,(H,23,24). The average Bonchev–Trinajstić information content (AvgIpc) is 2.70. The Hall–Kier alpha value is -3.02. The summed E-state index contributed by atoms with van der Waals surface area (Å²) in [5.41, 5.74) is 2.71. The van der Waals surface area contributed by atoms with Crippen LogP contribution in [0.15, 0.2) is 53.7 Å². The van der Waals surface area contributed by atoms with Crippen LogP contribution in [0.4, 0.5) is 0 Å². The van der Waals surface area contributed by atoms with E-state index in [1.807, 2.05) is 43.3 Å². The molecule has 0 aromatic heterocycles. The molecule has 1 unspecified atom stereocenters. The number of aliphatic carboxylic acids is 1. The fourth-order valence-electron chi connectivity index (χ4n) is 2.43. The van der Waals surface area contributed by atoms with Crippen molar-refractivity contribution in [2.75, 3.05) is 7.11 Å². The van der Waals surface area contributed by atoms with E-state index in [2.05, 4.69) is 5.16 Å². The van der Waals surface area contributed by atoms with Crippen molar-refractivity contribution in [2.45, 2.75) is 39.4 Å². The molecule has 2 aromatic rings. The van der Waals surface area contributed by atoms with Gasteiger partial charge in [-0.25, -0.2) is 4.79 Å². The fraction of sp³-hybridized carbons (Fsp3) is 0.333. The molecule has 0 fully saturated rings. The number of ether oxygens (including phenoxy) is 2. The number of methoxy groups -OCH3 is 1. The van der Waals surface area contributed by atoms with E-state index in [4.69, 9.17) is 19.4 Å². The van der Waals surface area contributed by atoms with E-state index in [9.17, 15) is 4.79 Å².